The molecule has 0 heterocycles. The van der Waals surface area contributed by atoms with Crippen LogP contribution in [0.4, 0.5) is 4.39 Å². The SMILES string of the molecule is OB(O)c1ccc(F)cc1OCOCc1ccccc1. The van der Waals surface area contributed by atoms with Gasteiger partial charge in [0.05, 0.1) is 6.61 Å². The smallest absolute Gasteiger partial charge is 0.468 e. The number of ether oxygens (including phenoxy) is 2. The molecule has 0 saturated heterocycles. The lowest BCUT2D eigenvalue weighted by Gasteiger charge is -2.11. The van der Waals surface area contributed by atoms with Crippen molar-refractivity contribution in [3.05, 3.63) is 59.9 Å². The molecule has 6 heteroatoms. The summed E-state index contributed by atoms with van der Waals surface area (Å²) in [6.45, 7) is 0.241. The highest BCUT2D eigenvalue weighted by atomic mass is 19.1. The molecule has 0 aliphatic carbocycles. The quantitative estimate of drug-likeness (QED) is 0.470. The Morgan fingerprint density at radius 1 is 1.05 bits per heavy atom. The second-order valence-corrected chi connectivity index (χ2v) is 4.15. The summed E-state index contributed by atoms with van der Waals surface area (Å²) in [5.41, 5.74) is 1.08. The molecule has 0 unspecified atom stereocenters. The van der Waals surface area contributed by atoms with Crippen LogP contribution in [-0.2, 0) is 11.3 Å². The van der Waals surface area contributed by atoms with E-state index in [-0.39, 0.29) is 18.0 Å². The van der Waals surface area contributed by atoms with Gasteiger partial charge in [-0.3, -0.25) is 0 Å². The summed E-state index contributed by atoms with van der Waals surface area (Å²) in [7, 11) is -1.72. The third-order valence-corrected chi connectivity index (χ3v) is 2.66. The van der Waals surface area contributed by atoms with Crippen LogP contribution in [0.25, 0.3) is 0 Å². The van der Waals surface area contributed by atoms with Gasteiger partial charge in [0.15, 0.2) is 6.79 Å². The molecule has 0 saturated carbocycles. The molecule has 0 bridgehead atoms. The Balaban J connectivity index is 1.89. The van der Waals surface area contributed by atoms with Crippen LogP contribution in [0.2, 0.25) is 0 Å². The molecule has 0 amide bonds. The van der Waals surface area contributed by atoms with Crippen molar-refractivity contribution in [2.75, 3.05) is 6.79 Å². The van der Waals surface area contributed by atoms with E-state index in [0.717, 1.165) is 17.7 Å². The average Bonchev–Trinajstić information content (AvgIpc) is 2.44. The molecule has 4 nitrogen and oxygen atoms in total. The maximum absolute atomic E-state index is 13.1. The van der Waals surface area contributed by atoms with Gasteiger partial charge in [-0.2, -0.15) is 0 Å². The summed E-state index contributed by atoms with van der Waals surface area (Å²) in [6, 6.07) is 13.0. The molecule has 2 N–H and O–H groups in total. The van der Waals surface area contributed by atoms with Crippen LogP contribution in [0, 0.1) is 5.82 Å². The zero-order valence-electron chi connectivity index (χ0n) is 10.7. The van der Waals surface area contributed by atoms with Gasteiger partial charge in [-0.15, -0.1) is 0 Å². The Morgan fingerprint density at radius 2 is 1.80 bits per heavy atom. The molecule has 0 radical (unpaired) electrons. The standard InChI is InChI=1S/C14H14BFO4/c16-12-6-7-13(15(17)18)14(8-12)20-10-19-9-11-4-2-1-3-5-11/h1-8,17-18H,9-10H2. The highest BCUT2D eigenvalue weighted by Gasteiger charge is 2.17. The van der Waals surface area contributed by atoms with Gasteiger partial charge < -0.3 is 19.5 Å². The minimum absolute atomic E-state index is 0.0491. The zero-order chi connectivity index (χ0) is 14.4. The van der Waals surface area contributed by atoms with E-state index in [9.17, 15) is 4.39 Å². The van der Waals surface area contributed by atoms with E-state index in [0.29, 0.717) is 6.61 Å². The van der Waals surface area contributed by atoms with Crippen LogP contribution in [0.1, 0.15) is 5.56 Å². The van der Waals surface area contributed by atoms with Gasteiger partial charge in [-0.25, -0.2) is 4.39 Å². The van der Waals surface area contributed by atoms with Crippen molar-refractivity contribution in [3.63, 3.8) is 0 Å². The Hall–Kier alpha value is -1.89. The summed E-state index contributed by atoms with van der Waals surface area (Å²) in [5.74, 6) is -0.472. The Labute approximate surface area is 116 Å². The van der Waals surface area contributed by atoms with Crippen LogP contribution >= 0.6 is 0 Å². The lowest BCUT2D eigenvalue weighted by atomic mass is 9.79. The van der Waals surface area contributed by atoms with Gasteiger partial charge >= 0.3 is 7.12 Å². The third kappa shape index (κ3) is 4.06. The molecule has 2 aromatic rings. The fourth-order valence-electron chi connectivity index (χ4n) is 1.69. The summed E-state index contributed by atoms with van der Waals surface area (Å²) in [5, 5.41) is 18.3. The normalized spacial score (nSPS) is 10.3. The number of hydrogen-bond donors (Lipinski definition) is 2. The minimum atomic E-state index is -1.72. The van der Waals surface area contributed by atoms with Crippen molar-refractivity contribution in [1.82, 2.24) is 0 Å². The van der Waals surface area contributed by atoms with Crippen molar-refractivity contribution in [2.24, 2.45) is 0 Å². The van der Waals surface area contributed by atoms with Gasteiger partial charge in [-0.05, 0) is 11.6 Å². The molecule has 0 aliphatic rings. The first-order valence-corrected chi connectivity index (χ1v) is 6.07. The van der Waals surface area contributed by atoms with Crippen LogP contribution in [0.15, 0.2) is 48.5 Å². The molecule has 0 spiro atoms. The van der Waals surface area contributed by atoms with Crippen molar-refractivity contribution >= 4 is 12.6 Å². The van der Waals surface area contributed by atoms with Crippen LogP contribution in [-0.4, -0.2) is 24.0 Å². The van der Waals surface area contributed by atoms with Gasteiger partial charge in [0.2, 0.25) is 0 Å². The van der Waals surface area contributed by atoms with Crippen LogP contribution in [0.5, 0.6) is 5.75 Å². The molecule has 0 atom stereocenters. The van der Waals surface area contributed by atoms with Crippen molar-refractivity contribution < 1.29 is 23.9 Å². The summed E-state index contributed by atoms with van der Waals surface area (Å²) in [4.78, 5) is 0. The van der Waals surface area contributed by atoms with Crippen LogP contribution in [0.3, 0.4) is 0 Å². The lowest BCUT2D eigenvalue weighted by molar-refractivity contribution is 0.00537. The van der Waals surface area contributed by atoms with Gasteiger partial charge in [-0.1, -0.05) is 36.4 Å². The van der Waals surface area contributed by atoms with E-state index in [4.69, 9.17) is 19.5 Å². The maximum atomic E-state index is 13.1. The van der Waals surface area contributed by atoms with E-state index in [1.807, 2.05) is 30.3 Å². The maximum Gasteiger partial charge on any atom is 0.492 e. The van der Waals surface area contributed by atoms with E-state index in [2.05, 4.69) is 0 Å². The van der Waals surface area contributed by atoms with Crippen molar-refractivity contribution in [3.8, 4) is 5.75 Å². The van der Waals surface area contributed by atoms with E-state index < -0.39 is 12.9 Å². The fraction of sp³-hybridized carbons (Fsp3) is 0.143. The molecule has 0 aromatic heterocycles. The first-order valence-electron chi connectivity index (χ1n) is 6.07. The highest BCUT2D eigenvalue weighted by molar-refractivity contribution is 6.59. The fourth-order valence-corrected chi connectivity index (χ4v) is 1.69. The van der Waals surface area contributed by atoms with Crippen molar-refractivity contribution in [1.29, 1.82) is 0 Å². The molecule has 104 valence electrons. The Kier molecular flexibility index (Phi) is 5.12. The summed E-state index contributed by atoms with van der Waals surface area (Å²) in [6.07, 6.45) is 0. The molecule has 2 aromatic carbocycles. The predicted molar refractivity (Wildman–Crippen MR) is 73.0 cm³/mol. The molecule has 20 heavy (non-hydrogen) atoms. The monoisotopic (exact) mass is 276 g/mol. The number of benzene rings is 2. The number of rotatable bonds is 6. The third-order valence-electron chi connectivity index (χ3n) is 2.66. The molecular weight excluding hydrogens is 262 g/mol. The van der Waals surface area contributed by atoms with Gasteiger partial charge in [0.1, 0.15) is 11.6 Å². The van der Waals surface area contributed by atoms with Gasteiger partial charge in [0, 0.05) is 11.5 Å². The second kappa shape index (κ2) is 7.05. The largest absolute Gasteiger partial charge is 0.492 e. The molecular formula is C14H14BFO4. The Bertz CT molecular complexity index is 548. The average molecular weight is 276 g/mol. The topological polar surface area (TPSA) is 58.9 Å². The van der Waals surface area contributed by atoms with Crippen LogP contribution < -0.4 is 10.2 Å². The molecule has 2 rings (SSSR count). The second-order valence-electron chi connectivity index (χ2n) is 4.15. The van der Waals surface area contributed by atoms with Crippen molar-refractivity contribution in [2.45, 2.75) is 6.61 Å². The molecule has 0 fully saturated rings. The van der Waals surface area contributed by atoms with E-state index >= 15 is 0 Å². The predicted octanol–water partition coefficient (Wildman–Crippen LogP) is 1.06. The van der Waals surface area contributed by atoms with E-state index in [1.54, 1.807) is 0 Å². The van der Waals surface area contributed by atoms with E-state index in [1.165, 1.54) is 6.07 Å². The number of hydrogen-bond acceptors (Lipinski definition) is 4. The summed E-state index contributed by atoms with van der Waals surface area (Å²) < 4.78 is 23.6. The lowest BCUT2D eigenvalue weighted by Crippen LogP contribution is -2.31. The number of halogens is 1. The minimum Gasteiger partial charge on any atom is -0.468 e. The highest BCUT2D eigenvalue weighted by Crippen LogP contribution is 2.11. The zero-order valence-corrected chi connectivity index (χ0v) is 10.7. The van der Waals surface area contributed by atoms with Gasteiger partial charge in [0.25, 0.3) is 0 Å². The molecule has 0 aliphatic heterocycles. The summed E-state index contributed by atoms with van der Waals surface area (Å²) >= 11 is 0. The Morgan fingerprint density at radius 3 is 2.50 bits per heavy atom. The first-order chi connectivity index (χ1) is 9.66. The first kappa shape index (κ1) is 14.5.